The molecule has 3 fully saturated rings. The molecule has 5 aliphatic rings. The van der Waals surface area contributed by atoms with Crippen LogP contribution in [-0.2, 0) is 0 Å². The number of nitrogens with zero attached hydrogens (tertiary/aromatic N) is 3. The molecule has 0 aromatic carbocycles. The van der Waals surface area contributed by atoms with E-state index < -0.39 is 12.7 Å². The fourth-order valence-corrected chi connectivity index (χ4v) is 6.51. The molecule has 3 N–H and O–H groups in total. The molecule has 0 amide bonds. The lowest BCUT2D eigenvalue weighted by Crippen LogP contribution is -2.56. The third-order valence-electron chi connectivity index (χ3n) is 7.68. The van der Waals surface area contributed by atoms with Crippen molar-refractivity contribution in [2.75, 3.05) is 6.54 Å². The summed E-state index contributed by atoms with van der Waals surface area (Å²) in [6, 6.07) is 2.05. The van der Waals surface area contributed by atoms with Gasteiger partial charge in [0, 0.05) is 41.3 Å². The Morgan fingerprint density at radius 3 is 3.03 bits per heavy atom. The zero-order valence-electron chi connectivity index (χ0n) is 16.8. The topological polar surface area (TPSA) is 84.7 Å². The Kier molecular flexibility index (Phi) is 3.78. The van der Waals surface area contributed by atoms with Gasteiger partial charge < -0.3 is 20.0 Å². The van der Waals surface area contributed by atoms with Gasteiger partial charge in [-0.2, -0.15) is 5.10 Å². The molecule has 0 spiro atoms. The largest absolute Gasteiger partial charge is 0.468 e. The lowest BCUT2D eigenvalue weighted by molar-refractivity contribution is -0.111. The van der Waals surface area contributed by atoms with Crippen LogP contribution in [0.5, 0.6) is 0 Å². The highest BCUT2D eigenvalue weighted by atomic mass is 16.3. The average molecular weight is 390 g/mol. The maximum absolute atomic E-state index is 11.0. The number of allylic oxidation sites excluding steroid dienone is 2. The second kappa shape index (κ2) is 6.19. The van der Waals surface area contributed by atoms with Crippen molar-refractivity contribution in [3.63, 3.8) is 0 Å². The van der Waals surface area contributed by atoms with Crippen molar-refractivity contribution in [1.29, 1.82) is 0 Å². The molecule has 2 aromatic rings. The highest BCUT2D eigenvalue weighted by molar-refractivity contribution is 6.66. The summed E-state index contributed by atoms with van der Waals surface area (Å²) in [5.41, 5.74) is 3.31. The summed E-state index contributed by atoms with van der Waals surface area (Å²) < 4.78 is 0. The van der Waals surface area contributed by atoms with Crippen LogP contribution in [0.2, 0.25) is 0 Å². The summed E-state index contributed by atoms with van der Waals surface area (Å²) in [7, 11) is -0.771. The number of H-pyrrole nitrogens is 1. The van der Waals surface area contributed by atoms with E-state index in [0.29, 0.717) is 24.3 Å². The summed E-state index contributed by atoms with van der Waals surface area (Å²) in [6.45, 7) is 2.66. The highest BCUT2D eigenvalue weighted by Crippen LogP contribution is 2.53. The Labute approximate surface area is 170 Å². The van der Waals surface area contributed by atoms with E-state index in [2.05, 4.69) is 22.1 Å². The molecule has 6 nitrogen and oxygen atoms in total. The monoisotopic (exact) mass is 390 g/mol. The number of hydrogen-bond acceptors (Lipinski definition) is 5. The van der Waals surface area contributed by atoms with Gasteiger partial charge in [0.15, 0.2) is 0 Å². The van der Waals surface area contributed by atoms with Crippen LogP contribution in [0.4, 0.5) is 0 Å². The van der Waals surface area contributed by atoms with E-state index in [-0.39, 0.29) is 5.92 Å². The number of nitrogens with one attached hydrogen (secondary N) is 1. The Hall–Kier alpha value is -2.12. The maximum Gasteiger partial charge on any atom is 0.468 e. The van der Waals surface area contributed by atoms with Crippen molar-refractivity contribution in [2.45, 2.75) is 44.6 Å². The quantitative estimate of drug-likeness (QED) is 0.541. The molecule has 2 aromatic heterocycles. The first-order valence-electron chi connectivity index (χ1n) is 10.9. The van der Waals surface area contributed by atoms with E-state index in [1.165, 1.54) is 0 Å². The minimum atomic E-state index is -0.771. The smallest absolute Gasteiger partial charge is 0.428 e. The fourth-order valence-electron chi connectivity index (χ4n) is 6.51. The predicted octanol–water partition coefficient (Wildman–Crippen LogP) is 2.03. The Bertz CT molecular complexity index is 1020. The molecule has 4 bridgehead atoms. The summed E-state index contributed by atoms with van der Waals surface area (Å²) in [5.74, 6) is 1.68. The zero-order valence-corrected chi connectivity index (χ0v) is 16.8. The van der Waals surface area contributed by atoms with E-state index in [0.717, 1.165) is 59.9 Å². The molecule has 7 heteroatoms. The first-order chi connectivity index (χ1) is 14.1. The van der Waals surface area contributed by atoms with Crippen molar-refractivity contribution < 1.29 is 10.1 Å². The number of aliphatic hydroxyl groups is 1. The molecule has 3 saturated carbocycles. The van der Waals surface area contributed by atoms with Crippen molar-refractivity contribution in [3.8, 4) is 0 Å². The predicted molar refractivity (Wildman–Crippen MR) is 114 cm³/mol. The van der Waals surface area contributed by atoms with Crippen LogP contribution in [0.1, 0.15) is 44.6 Å². The minimum Gasteiger partial charge on any atom is -0.428 e. The fraction of sp³-hybridized carbons (Fsp3) is 0.545. The first-order valence-corrected chi connectivity index (χ1v) is 10.9. The van der Waals surface area contributed by atoms with Crippen LogP contribution < -0.4 is 5.46 Å². The van der Waals surface area contributed by atoms with Crippen molar-refractivity contribution in [2.24, 2.45) is 28.8 Å². The number of rotatable bonds is 2. The molecule has 4 aliphatic carbocycles. The lowest BCUT2D eigenvalue weighted by atomic mass is 9.54. The van der Waals surface area contributed by atoms with E-state index in [4.69, 9.17) is 5.10 Å². The van der Waals surface area contributed by atoms with Crippen LogP contribution in [0.25, 0.3) is 11.0 Å². The third-order valence-corrected chi connectivity index (χ3v) is 7.68. The van der Waals surface area contributed by atoms with Gasteiger partial charge in [-0.3, -0.25) is 0 Å². The van der Waals surface area contributed by atoms with Gasteiger partial charge in [-0.15, -0.1) is 0 Å². The normalized spacial score (nSPS) is 35.6. The molecular weight excluding hydrogens is 363 g/mol. The second-order valence-electron chi connectivity index (χ2n) is 9.50. The second-order valence-corrected chi connectivity index (χ2v) is 9.50. The molecule has 29 heavy (non-hydrogen) atoms. The zero-order chi connectivity index (χ0) is 19.8. The number of fused-ring (bicyclic) bond motifs is 3. The third kappa shape index (κ3) is 2.56. The van der Waals surface area contributed by atoms with Gasteiger partial charge in [0.2, 0.25) is 0 Å². The van der Waals surface area contributed by atoms with Crippen molar-refractivity contribution in [3.05, 3.63) is 36.2 Å². The molecule has 150 valence electrons. The van der Waals surface area contributed by atoms with E-state index >= 15 is 0 Å². The number of hydrazone groups is 1. The molecule has 3 atom stereocenters. The van der Waals surface area contributed by atoms with Gasteiger partial charge in [0.25, 0.3) is 0 Å². The van der Waals surface area contributed by atoms with Crippen LogP contribution in [-0.4, -0.2) is 49.9 Å². The first kappa shape index (κ1) is 17.7. The summed E-state index contributed by atoms with van der Waals surface area (Å²) in [4.78, 5) is 9.53. The van der Waals surface area contributed by atoms with Crippen molar-refractivity contribution in [1.82, 2.24) is 14.9 Å². The molecule has 7 rings (SSSR count). The van der Waals surface area contributed by atoms with Crippen LogP contribution >= 0.6 is 0 Å². The Morgan fingerprint density at radius 2 is 2.21 bits per heavy atom. The summed E-state index contributed by atoms with van der Waals surface area (Å²) in [6.07, 6.45) is 13.3. The molecule has 3 heterocycles. The van der Waals surface area contributed by atoms with Crippen LogP contribution in [0.3, 0.4) is 0 Å². The van der Waals surface area contributed by atoms with Gasteiger partial charge in [-0.05, 0) is 62.8 Å². The SMILES string of the molecule is CCN1N=C([C@@H]2[C@H]3CC=C[C@@H]2CC2CC(O)(C2)C3)c2c(cnc3[nH]ccc23)B1O. The minimum absolute atomic E-state index is 0.260. The molecular formula is C22H27BN4O2. The van der Waals surface area contributed by atoms with E-state index in [9.17, 15) is 10.1 Å². The van der Waals surface area contributed by atoms with Gasteiger partial charge in [0.1, 0.15) is 5.65 Å². The van der Waals surface area contributed by atoms with Crippen LogP contribution in [0.15, 0.2) is 35.7 Å². The average Bonchev–Trinajstić information content (AvgIpc) is 3.16. The maximum atomic E-state index is 11.0. The lowest BCUT2D eigenvalue weighted by Gasteiger charge is -2.53. The van der Waals surface area contributed by atoms with Gasteiger partial charge in [-0.1, -0.05) is 12.2 Å². The Balaban J connectivity index is 1.53. The van der Waals surface area contributed by atoms with E-state index in [1.54, 1.807) is 11.1 Å². The number of hydrogen-bond donors (Lipinski definition) is 3. The van der Waals surface area contributed by atoms with Gasteiger partial charge in [-0.25, -0.2) is 4.98 Å². The van der Waals surface area contributed by atoms with Crippen LogP contribution in [0, 0.1) is 23.7 Å². The summed E-state index contributed by atoms with van der Waals surface area (Å²) in [5, 5.41) is 28.0. The molecule has 0 radical (unpaired) electrons. The molecule has 0 saturated heterocycles. The van der Waals surface area contributed by atoms with Gasteiger partial charge in [0.05, 0.1) is 11.3 Å². The molecule has 0 unspecified atom stereocenters. The molecule has 1 aliphatic heterocycles. The number of aromatic nitrogens is 2. The Morgan fingerprint density at radius 1 is 1.34 bits per heavy atom. The van der Waals surface area contributed by atoms with Gasteiger partial charge >= 0.3 is 7.05 Å². The standard InChI is InChI=1S/C22H27BN4O2/c1-2-27-23(29)17-12-25-21-16(6-7-24-21)19(17)20(26-27)18-14-4-3-5-15(18)11-22(28)9-13(8-14)10-22/h3-4,6-7,12-15,18,28-29H,2,5,8-11H2,1H3,(H,24,25)/t13?,14-,15+,18+,22?/m1/s1. The number of pyridine rings is 1. The van der Waals surface area contributed by atoms with Crippen molar-refractivity contribution >= 4 is 29.3 Å². The van der Waals surface area contributed by atoms with E-state index in [1.807, 2.05) is 19.2 Å². The summed E-state index contributed by atoms with van der Waals surface area (Å²) >= 11 is 0. The highest BCUT2D eigenvalue weighted by Gasteiger charge is 2.52. The number of aromatic amines is 1.